The molecule has 5 nitrogen and oxygen atoms in total. The number of rotatable bonds is 7. The van der Waals surface area contributed by atoms with Crippen molar-refractivity contribution >= 4 is 11.9 Å². The Labute approximate surface area is 103 Å². The van der Waals surface area contributed by atoms with Gasteiger partial charge >= 0.3 is 0 Å². The molecule has 1 heterocycles. The van der Waals surface area contributed by atoms with Crippen molar-refractivity contribution in [2.24, 2.45) is 0 Å². The minimum absolute atomic E-state index is 0.00216. The van der Waals surface area contributed by atoms with Gasteiger partial charge in [-0.25, -0.2) is 4.98 Å². The maximum Gasteiger partial charge on any atom is 0.216 e. The van der Waals surface area contributed by atoms with Crippen LogP contribution in [0.4, 0.5) is 5.95 Å². The van der Waals surface area contributed by atoms with E-state index in [2.05, 4.69) is 22.5 Å². The van der Waals surface area contributed by atoms with Gasteiger partial charge in [0.05, 0.1) is 5.69 Å². The van der Waals surface area contributed by atoms with Crippen LogP contribution in [0.2, 0.25) is 0 Å². The second kappa shape index (κ2) is 6.93. The fourth-order valence-electron chi connectivity index (χ4n) is 1.59. The molecule has 0 aliphatic carbocycles. The standard InChI is InChI=1S/C12H22N4O/c1-4-5-6-14-12-15-10(2)9-16(12)8-7-13-11(3)17/h9H,4-8H2,1-3H3,(H,13,17)(H,14,15). The number of nitrogens with one attached hydrogen (secondary N) is 2. The normalized spacial score (nSPS) is 10.3. The number of hydrogen-bond donors (Lipinski definition) is 2. The van der Waals surface area contributed by atoms with Gasteiger partial charge in [0.2, 0.25) is 11.9 Å². The molecule has 1 aromatic rings. The Morgan fingerprint density at radius 1 is 1.47 bits per heavy atom. The number of aromatic nitrogens is 2. The maximum absolute atomic E-state index is 10.8. The third-order valence-electron chi connectivity index (χ3n) is 2.44. The molecular formula is C12H22N4O. The number of amides is 1. The number of carbonyl (C=O) groups excluding carboxylic acids is 1. The van der Waals surface area contributed by atoms with Crippen LogP contribution in [0.3, 0.4) is 0 Å². The SMILES string of the molecule is CCCCNc1nc(C)cn1CCNC(C)=O. The van der Waals surface area contributed by atoms with Crippen LogP contribution in [0.25, 0.3) is 0 Å². The first kappa shape index (κ1) is 13.5. The van der Waals surface area contributed by atoms with E-state index in [1.807, 2.05) is 17.7 Å². The summed E-state index contributed by atoms with van der Waals surface area (Å²) in [6.45, 7) is 7.98. The highest BCUT2D eigenvalue weighted by Crippen LogP contribution is 2.08. The summed E-state index contributed by atoms with van der Waals surface area (Å²) in [5.74, 6) is 0.892. The molecule has 0 radical (unpaired) electrons. The maximum atomic E-state index is 10.8. The van der Waals surface area contributed by atoms with Gasteiger partial charge in [-0.2, -0.15) is 0 Å². The molecule has 1 aromatic heterocycles. The number of hydrogen-bond acceptors (Lipinski definition) is 3. The number of imidazole rings is 1. The largest absolute Gasteiger partial charge is 0.356 e. The molecule has 0 aliphatic rings. The van der Waals surface area contributed by atoms with Gasteiger partial charge < -0.3 is 15.2 Å². The van der Waals surface area contributed by atoms with Crippen LogP contribution < -0.4 is 10.6 Å². The highest BCUT2D eigenvalue weighted by molar-refractivity contribution is 5.72. The topological polar surface area (TPSA) is 59.0 Å². The molecular weight excluding hydrogens is 216 g/mol. The van der Waals surface area contributed by atoms with Crippen LogP contribution in [-0.2, 0) is 11.3 Å². The van der Waals surface area contributed by atoms with Crippen molar-refractivity contribution in [3.05, 3.63) is 11.9 Å². The predicted octanol–water partition coefficient (Wildman–Crippen LogP) is 1.54. The first-order valence-corrected chi connectivity index (χ1v) is 6.15. The summed E-state index contributed by atoms with van der Waals surface area (Å²) in [4.78, 5) is 15.2. The highest BCUT2D eigenvalue weighted by Gasteiger charge is 2.04. The van der Waals surface area contributed by atoms with Gasteiger partial charge in [-0.1, -0.05) is 13.3 Å². The third kappa shape index (κ3) is 4.89. The lowest BCUT2D eigenvalue weighted by Gasteiger charge is -2.09. The van der Waals surface area contributed by atoms with Crippen molar-refractivity contribution in [1.82, 2.24) is 14.9 Å². The van der Waals surface area contributed by atoms with E-state index in [4.69, 9.17) is 0 Å². The second-order valence-electron chi connectivity index (χ2n) is 4.16. The van der Waals surface area contributed by atoms with Crippen LogP contribution in [0, 0.1) is 6.92 Å². The summed E-state index contributed by atoms with van der Waals surface area (Å²) >= 11 is 0. The monoisotopic (exact) mass is 238 g/mol. The van der Waals surface area contributed by atoms with Gasteiger partial charge in [0.15, 0.2) is 0 Å². The molecule has 0 aromatic carbocycles. The van der Waals surface area contributed by atoms with E-state index in [1.54, 1.807) is 0 Å². The molecule has 0 unspecified atom stereocenters. The fourth-order valence-corrected chi connectivity index (χ4v) is 1.59. The van der Waals surface area contributed by atoms with Crippen molar-refractivity contribution in [2.45, 2.75) is 40.2 Å². The lowest BCUT2D eigenvalue weighted by molar-refractivity contribution is -0.118. The molecule has 5 heteroatoms. The Morgan fingerprint density at radius 2 is 2.24 bits per heavy atom. The van der Waals surface area contributed by atoms with E-state index in [0.717, 1.165) is 31.2 Å². The molecule has 0 saturated carbocycles. The van der Waals surface area contributed by atoms with Crippen LogP contribution in [0.5, 0.6) is 0 Å². The number of unbranched alkanes of at least 4 members (excludes halogenated alkanes) is 1. The van der Waals surface area contributed by atoms with Gasteiger partial charge in [-0.3, -0.25) is 4.79 Å². The van der Waals surface area contributed by atoms with Crippen molar-refractivity contribution in [2.75, 3.05) is 18.4 Å². The molecule has 0 fully saturated rings. The molecule has 17 heavy (non-hydrogen) atoms. The number of anilines is 1. The summed E-state index contributed by atoms with van der Waals surface area (Å²) in [5.41, 5.74) is 0.992. The summed E-state index contributed by atoms with van der Waals surface area (Å²) in [6.07, 6.45) is 4.30. The van der Waals surface area contributed by atoms with E-state index in [1.165, 1.54) is 13.3 Å². The quantitative estimate of drug-likeness (QED) is 0.708. The number of carbonyl (C=O) groups is 1. The van der Waals surface area contributed by atoms with Gasteiger partial charge in [-0.15, -0.1) is 0 Å². The van der Waals surface area contributed by atoms with E-state index in [0.29, 0.717) is 6.54 Å². The van der Waals surface area contributed by atoms with Crippen molar-refractivity contribution in [3.8, 4) is 0 Å². The lowest BCUT2D eigenvalue weighted by atomic mass is 10.3. The van der Waals surface area contributed by atoms with Gasteiger partial charge in [0.1, 0.15) is 0 Å². The first-order chi connectivity index (χ1) is 8.13. The molecule has 0 saturated heterocycles. The Balaban J connectivity index is 2.48. The van der Waals surface area contributed by atoms with E-state index in [-0.39, 0.29) is 5.91 Å². The summed E-state index contributed by atoms with van der Waals surface area (Å²) in [7, 11) is 0. The highest BCUT2D eigenvalue weighted by atomic mass is 16.1. The predicted molar refractivity (Wildman–Crippen MR) is 69.0 cm³/mol. The smallest absolute Gasteiger partial charge is 0.216 e. The summed E-state index contributed by atoms with van der Waals surface area (Å²) in [5, 5.41) is 6.09. The molecule has 1 rings (SSSR count). The molecule has 2 N–H and O–H groups in total. The molecule has 96 valence electrons. The zero-order valence-corrected chi connectivity index (χ0v) is 10.9. The zero-order chi connectivity index (χ0) is 12.7. The minimum atomic E-state index is 0.00216. The first-order valence-electron chi connectivity index (χ1n) is 6.15. The average molecular weight is 238 g/mol. The van der Waals surface area contributed by atoms with Crippen LogP contribution in [-0.4, -0.2) is 28.5 Å². The summed E-state index contributed by atoms with van der Waals surface area (Å²) < 4.78 is 2.04. The van der Waals surface area contributed by atoms with E-state index < -0.39 is 0 Å². The number of aryl methyl sites for hydroxylation is 1. The van der Waals surface area contributed by atoms with Crippen molar-refractivity contribution in [3.63, 3.8) is 0 Å². The Morgan fingerprint density at radius 3 is 2.88 bits per heavy atom. The Hall–Kier alpha value is -1.52. The van der Waals surface area contributed by atoms with Crippen LogP contribution >= 0.6 is 0 Å². The van der Waals surface area contributed by atoms with Crippen LogP contribution in [0.1, 0.15) is 32.4 Å². The molecule has 1 amide bonds. The average Bonchev–Trinajstić information content (AvgIpc) is 2.59. The molecule has 0 atom stereocenters. The van der Waals surface area contributed by atoms with Crippen LogP contribution in [0.15, 0.2) is 6.20 Å². The fraction of sp³-hybridized carbons (Fsp3) is 0.667. The lowest BCUT2D eigenvalue weighted by Crippen LogP contribution is -2.24. The van der Waals surface area contributed by atoms with Crippen molar-refractivity contribution in [1.29, 1.82) is 0 Å². The van der Waals surface area contributed by atoms with Gasteiger partial charge in [0, 0.05) is 32.8 Å². The van der Waals surface area contributed by atoms with E-state index in [9.17, 15) is 4.79 Å². The second-order valence-corrected chi connectivity index (χ2v) is 4.16. The minimum Gasteiger partial charge on any atom is -0.356 e. The van der Waals surface area contributed by atoms with Gasteiger partial charge in [-0.05, 0) is 13.3 Å². The molecule has 0 bridgehead atoms. The van der Waals surface area contributed by atoms with E-state index >= 15 is 0 Å². The Kier molecular flexibility index (Phi) is 5.52. The van der Waals surface area contributed by atoms with Gasteiger partial charge in [0.25, 0.3) is 0 Å². The number of nitrogens with zero attached hydrogens (tertiary/aromatic N) is 2. The third-order valence-corrected chi connectivity index (χ3v) is 2.44. The molecule has 0 aliphatic heterocycles. The zero-order valence-electron chi connectivity index (χ0n) is 10.9. The van der Waals surface area contributed by atoms with Crippen molar-refractivity contribution < 1.29 is 4.79 Å². The molecule has 0 spiro atoms. The Bertz CT molecular complexity index is 359. The summed E-state index contributed by atoms with van der Waals surface area (Å²) in [6, 6.07) is 0.